The fraction of sp³-hybridized carbons (Fsp3) is 0.188. The third-order valence-electron chi connectivity index (χ3n) is 6.21. The SMILES string of the molecule is Cc1ncnc(Cl)c1Cl.Cc1ncnc(NCCOc2ccn(-c3ccc(Cl)cc3)n2)c1Cl.Cl.NCCOc1ccn(-c2ccc(Cl)cc2)n1. The van der Waals surface area contributed by atoms with Crippen molar-refractivity contribution in [2.45, 2.75) is 13.8 Å². The van der Waals surface area contributed by atoms with E-state index >= 15 is 0 Å². The molecule has 6 rings (SSSR count). The highest BCUT2D eigenvalue weighted by Crippen LogP contribution is 2.21. The van der Waals surface area contributed by atoms with E-state index in [1.54, 1.807) is 28.4 Å². The molecule has 0 unspecified atom stereocenters. The van der Waals surface area contributed by atoms with Crippen molar-refractivity contribution in [2.24, 2.45) is 5.73 Å². The van der Waals surface area contributed by atoms with Crippen molar-refractivity contribution in [3.8, 4) is 23.1 Å². The van der Waals surface area contributed by atoms with Crippen LogP contribution in [-0.2, 0) is 0 Å². The van der Waals surface area contributed by atoms with E-state index in [1.807, 2.05) is 67.8 Å². The van der Waals surface area contributed by atoms with Crippen LogP contribution in [0.25, 0.3) is 11.4 Å². The van der Waals surface area contributed by atoms with Crippen LogP contribution in [0.1, 0.15) is 11.4 Å². The van der Waals surface area contributed by atoms with E-state index in [0.717, 1.165) is 17.1 Å². The summed E-state index contributed by atoms with van der Waals surface area (Å²) >= 11 is 29.0. The summed E-state index contributed by atoms with van der Waals surface area (Å²) < 4.78 is 14.4. The number of ether oxygens (including phenoxy) is 2. The van der Waals surface area contributed by atoms with Gasteiger partial charge in [0.1, 0.15) is 36.7 Å². The van der Waals surface area contributed by atoms with Crippen molar-refractivity contribution in [3.63, 3.8) is 0 Å². The van der Waals surface area contributed by atoms with Crippen molar-refractivity contribution in [2.75, 3.05) is 31.6 Å². The van der Waals surface area contributed by atoms with Gasteiger partial charge in [-0.15, -0.1) is 22.6 Å². The van der Waals surface area contributed by atoms with Crippen LogP contribution in [0.3, 0.4) is 0 Å². The molecule has 3 N–H and O–H groups in total. The third kappa shape index (κ3) is 12.5. The number of nitrogens with one attached hydrogen (secondary N) is 1. The monoisotopic (exact) mass is 798 g/mol. The Bertz CT molecular complexity index is 1890. The molecule has 0 aliphatic carbocycles. The number of aromatic nitrogens is 8. The lowest BCUT2D eigenvalue weighted by atomic mass is 10.3. The van der Waals surface area contributed by atoms with Crippen LogP contribution in [-0.4, -0.2) is 65.8 Å². The molecular weight excluding hydrogens is 769 g/mol. The molecule has 0 fully saturated rings. The molecule has 264 valence electrons. The van der Waals surface area contributed by atoms with E-state index in [4.69, 9.17) is 73.2 Å². The molecule has 0 spiro atoms. The normalized spacial score (nSPS) is 10.2. The highest BCUT2D eigenvalue weighted by molar-refractivity contribution is 6.41. The Morgan fingerprint density at radius 2 is 1.12 bits per heavy atom. The van der Waals surface area contributed by atoms with Gasteiger partial charge in [0.05, 0.1) is 34.3 Å². The summed E-state index contributed by atoms with van der Waals surface area (Å²) in [7, 11) is 0. The minimum atomic E-state index is 0. The van der Waals surface area contributed by atoms with Crippen molar-refractivity contribution in [3.05, 3.63) is 122 Å². The Balaban J connectivity index is 0.000000224. The molecule has 0 radical (unpaired) electrons. The summed E-state index contributed by atoms with van der Waals surface area (Å²) in [5.41, 5.74) is 8.62. The molecule has 0 bridgehead atoms. The second-order valence-electron chi connectivity index (χ2n) is 9.75. The number of halogens is 6. The van der Waals surface area contributed by atoms with Crippen LogP contribution in [0.4, 0.5) is 5.82 Å². The Morgan fingerprint density at radius 1 is 0.640 bits per heavy atom. The Hall–Kier alpha value is -3.88. The van der Waals surface area contributed by atoms with Crippen molar-refractivity contribution in [1.29, 1.82) is 0 Å². The van der Waals surface area contributed by atoms with Crippen LogP contribution in [0.15, 0.2) is 85.7 Å². The van der Waals surface area contributed by atoms with Crippen LogP contribution >= 0.6 is 70.4 Å². The van der Waals surface area contributed by atoms with Gasteiger partial charge in [-0.1, -0.05) is 58.0 Å². The molecule has 0 aliphatic rings. The Morgan fingerprint density at radius 3 is 1.60 bits per heavy atom. The number of anilines is 1. The average molecular weight is 801 g/mol. The molecule has 4 heterocycles. The van der Waals surface area contributed by atoms with Gasteiger partial charge in [0.15, 0.2) is 5.15 Å². The minimum absolute atomic E-state index is 0. The fourth-order valence-corrected chi connectivity index (χ4v) is 4.44. The molecule has 0 amide bonds. The molecule has 0 saturated carbocycles. The number of nitrogens with zero attached hydrogens (tertiary/aromatic N) is 8. The molecule has 4 aromatic heterocycles. The second kappa shape index (κ2) is 20.7. The number of hydrogen-bond acceptors (Lipinski definition) is 10. The maximum Gasteiger partial charge on any atom is 0.233 e. The van der Waals surface area contributed by atoms with Gasteiger partial charge >= 0.3 is 0 Å². The summed E-state index contributed by atoms with van der Waals surface area (Å²) in [6.07, 6.45) is 6.51. The molecule has 12 nitrogen and oxygen atoms in total. The fourth-order valence-electron chi connectivity index (χ4n) is 3.74. The smallest absolute Gasteiger partial charge is 0.233 e. The quantitative estimate of drug-likeness (QED) is 0.103. The van der Waals surface area contributed by atoms with E-state index in [-0.39, 0.29) is 12.4 Å². The first-order valence-electron chi connectivity index (χ1n) is 14.6. The van der Waals surface area contributed by atoms with Gasteiger partial charge in [-0.3, -0.25) is 0 Å². The summed E-state index contributed by atoms with van der Waals surface area (Å²) in [5, 5.41) is 14.4. The average Bonchev–Trinajstić information content (AvgIpc) is 3.78. The molecule has 0 atom stereocenters. The number of rotatable bonds is 10. The number of hydrogen-bond donors (Lipinski definition) is 2. The van der Waals surface area contributed by atoms with E-state index in [9.17, 15) is 0 Å². The zero-order valence-corrected chi connectivity index (χ0v) is 31.3. The van der Waals surface area contributed by atoms with Gasteiger partial charge in [-0.25, -0.2) is 29.3 Å². The largest absolute Gasteiger partial charge is 0.475 e. The Labute approximate surface area is 320 Å². The van der Waals surface area contributed by atoms with Gasteiger partial charge in [0.2, 0.25) is 11.8 Å². The molecule has 0 aliphatic heterocycles. The van der Waals surface area contributed by atoms with E-state index in [2.05, 4.69) is 35.5 Å². The first-order chi connectivity index (χ1) is 23.6. The number of nitrogens with two attached hydrogens (primary N) is 1. The number of aryl methyl sites for hydroxylation is 2. The van der Waals surface area contributed by atoms with Crippen molar-refractivity contribution < 1.29 is 9.47 Å². The lowest BCUT2D eigenvalue weighted by molar-refractivity contribution is 0.313. The summed E-state index contributed by atoms with van der Waals surface area (Å²) in [6.45, 7) is 5.53. The van der Waals surface area contributed by atoms with Crippen LogP contribution in [0.5, 0.6) is 11.8 Å². The van der Waals surface area contributed by atoms with Crippen LogP contribution in [0, 0.1) is 13.8 Å². The minimum Gasteiger partial charge on any atom is -0.475 e. The highest BCUT2D eigenvalue weighted by Gasteiger charge is 2.06. The van der Waals surface area contributed by atoms with Gasteiger partial charge in [-0.2, -0.15) is 0 Å². The lowest BCUT2D eigenvalue weighted by Gasteiger charge is -2.08. The van der Waals surface area contributed by atoms with Gasteiger partial charge in [0, 0.05) is 41.1 Å². The molecular formula is C32H32Cl6N10O2. The van der Waals surface area contributed by atoms with E-state index in [1.165, 1.54) is 12.7 Å². The third-order valence-corrected chi connectivity index (χ3v) is 8.00. The summed E-state index contributed by atoms with van der Waals surface area (Å²) in [4.78, 5) is 15.6. The molecule has 18 heteroatoms. The maximum absolute atomic E-state index is 6.12. The standard InChI is InChI=1S/C16H15Cl2N5O.C11H12ClN3O.C5H4Cl2N2.ClH/c1-11-15(18)16(21-10-20-11)19-7-9-24-14-6-8-23(22-14)13-4-2-12(17)3-5-13;12-9-1-3-10(4-2-9)15-7-5-11(14-15)16-8-6-13;1-3-4(6)5(7)9-2-8-3;/h2-6,8,10H,7,9H2,1H3,(H,19,20,21);1-5,7H,6,8,13H2;2H,1H3;1H. The van der Waals surface area contributed by atoms with Gasteiger partial charge in [0.25, 0.3) is 0 Å². The van der Waals surface area contributed by atoms with Crippen molar-refractivity contribution in [1.82, 2.24) is 39.5 Å². The lowest BCUT2D eigenvalue weighted by Crippen LogP contribution is -2.13. The summed E-state index contributed by atoms with van der Waals surface area (Å²) in [5.74, 6) is 1.71. The van der Waals surface area contributed by atoms with Crippen molar-refractivity contribution >= 4 is 76.2 Å². The number of benzene rings is 2. The summed E-state index contributed by atoms with van der Waals surface area (Å²) in [6, 6.07) is 18.4. The maximum atomic E-state index is 6.12. The topological polar surface area (TPSA) is 144 Å². The first kappa shape index (κ1) is 40.5. The molecule has 0 saturated heterocycles. The predicted molar refractivity (Wildman–Crippen MR) is 201 cm³/mol. The van der Waals surface area contributed by atoms with E-state index in [0.29, 0.717) is 74.8 Å². The molecule has 2 aromatic carbocycles. The predicted octanol–water partition coefficient (Wildman–Crippen LogP) is 8.15. The van der Waals surface area contributed by atoms with Gasteiger partial charge in [-0.05, 0) is 62.4 Å². The Kier molecular flexibility index (Phi) is 16.8. The zero-order valence-electron chi connectivity index (χ0n) is 26.7. The van der Waals surface area contributed by atoms with Crippen LogP contribution < -0.4 is 20.5 Å². The molecule has 50 heavy (non-hydrogen) atoms. The molecule has 6 aromatic rings. The van der Waals surface area contributed by atoms with Gasteiger partial charge < -0.3 is 20.5 Å². The second-order valence-corrected chi connectivity index (χ2v) is 11.7. The first-order valence-corrected chi connectivity index (χ1v) is 16.5. The van der Waals surface area contributed by atoms with Crippen LogP contribution in [0.2, 0.25) is 25.2 Å². The van der Waals surface area contributed by atoms with E-state index < -0.39 is 0 Å². The highest BCUT2D eigenvalue weighted by atomic mass is 35.5. The zero-order chi connectivity index (χ0) is 35.2.